The standard InChI is InChI=1S/C23H31BrO2Si/c1-19(24)18-20(25)12-11-17-26-27(23(2,3)4,21-13-7-5-8-14-21)22-15-9-6-10-16-22/h5-10,13-16,20,25H,1,11-12,17-18H2,2-4H3. The molecule has 2 aromatic rings. The summed E-state index contributed by atoms with van der Waals surface area (Å²) in [5, 5.41) is 12.7. The molecular formula is C23H31BrO2Si. The molecule has 1 unspecified atom stereocenters. The summed E-state index contributed by atoms with van der Waals surface area (Å²) in [6, 6.07) is 21.3. The minimum atomic E-state index is -2.46. The molecule has 0 amide bonds. The Kier molecular flexibility index (Phi) is 8.04. The van der Waals surface area contributed by atoms with Gasteiger partial charge in [-0.05, 0) is 32.7 Å². The lowest BCUT2D eigenvalue weighted by molar-refractivity contribution is 0.153. The van der Waals surface area contributed by atoms with Crippen molar-refractivity contribution in [2.45, 2.75) is 51.2 Å². The van der Waals surface area contributed by atoms with Crippen LogP contribution >= 0.6 is 15.9 Å². The molecule has 0 heterocycles. The second kappa shape index (κ2) is 9.83. The fourth-order valence-corrected chi connectivity index (χ4v) is 8.64. The first kappa shape index (κ1) is 22.1. The summed E-state index contributed by atoms with van der Waals surface area (Å²) in [5.41, 5.74) is 0. The molecule has 1 N–H and O–H groups in total. The highest BCUT2D eigenvalue weighted by Crippen LogP contribution is 2.36. The zero-order valence-electron chi connectivity index (χ0n) is 16.6. The lowest BCUT2D eigenvalue weighted by atomic mass is 10.1. The molecule has 2 rings (SSSR count). The Morgan fingerprint density at radius 3 is 1.93 bits per heavy atom. The molecule has 0 saturated heterocycles. The van der Waals surface area contributed by atoms with E-state index in [-0.39, 0.29) is 11.1 Å². The second-order valence-electron chi connectivity index (χ2n) is 8.03. The Balaban J connectivity index is 2.29. The van der Waals surface area contributed by atoms with Crippen molar-refractivity contribution in [2.24, 2.45) is 0 Å². The van der Waals surface area contributed by atoms with Crippen LogP contribution in [-0.2, 0) is 4.43 Å². The van der Waals surface area contributed by atoms with Crippen LogP contribution in [0.1, 0.15) is 40.0 Å². The summed E-state index contributed by atoms with van der Waals surface area (Å²) in [6.45, 7) is 11.3. The van der Waals surface area contributed by atoms with E-state index in [1.54, 1.807) is 0 Å². The van der Waals surface area contributed by atoms with Gasteiger partial charge in [0, 0.05) is 13.0 Å². The third-order valence-electron chi connectivity index (χ3n) is 4.87. The minimum absolute atomic E-state index is 0.0154. The number of benzene rings is 2. The Morgan fingerprint density at radius 1 is 1.04 bits per heavy atom. The van der Waals surface area contributed by atoms with Crippen LogP contribution < -0.4 is 10.4 Å². The maximum absolute atomic E-state index is 10.1. The van der Waals surface area contributed by atoms with Crippen LogP contribution in [-0.4, -0.2) is 26.1 Å². The van der Waals surface area contributed by atoms with Gasteiger partial charge >= 0.3 is 0 Å². The van der Waals surface area contributed by atoms with Crippen molar-refractivity contribution >= 4 is 34.6 Å². The van der Waals surface area contributed by atoms with E-state index >= 15 is 0 Å². The smallest absolute Gasteiger partial charge is 0.261 e. The molecule has 1 atom stereocenters. The molecule has 0 fully saturated rings. The van der Waals surface area contributed by atoms with Crippen LogP contribution in [0.15, 0.2) is 71.7 Å². The maximum atomic E-state index is 10.1. The first-order valence-electron chi connectivity index (χ1n) is 9.53. The van der Waals surface area contributed by atoms with Gasteiger partial charge in [-0.3, -0.25) is 0 Å². The van der Waals surface area contributed by atoms with Gasteiger partial charge in [-0.1, -0.05) is 104 Å². The molecule has 0 aliphatic heterocycles. The molecule has 27 heavy (non-hydrogen) atoms. The molecule has 2 nitrogen and oxygen atoms in total. The van der Waals surface area contributed by atoms with Gasteiger partial charge in [0.05, 0.1) is 6.10 Å². The lowest BCUT2D eigenvalue weighted by Crippen LogP contribution is -2.66. The highest BCUT2D eigenvalue weighted by Gasteiger charge is 2.49. The fourth-order valence-electron chi connectivity index (χ4n) is 3.66. The van der Waals surface area contributed by atoms with Crippen LogP contribution in [0, 0.1) is 0 Å². The molecule has 0 aliphatic carbocycles. The topological polar surface area (TPSA) is 29.5 Å². The summed E-state index contributed by atoms with van der Waals surface area (Å²) in [5.74, 6) is 0. The molecule has 0 aliphatic rings. The van der Waals surface area contributed by atoms with E-state index in [9.17, 15) is 5.11 Å². The van der Waals surface area contributed by atoms with Gasteiger partial charge in [-0.25, -0.2) is 0 Å². The van der Waals surface area contributed by atoms with E-state index in [1.165, 1.54) is 10.4 Å². The predicted molar refractivity (Wildman–Crippen MR) is 121 cm³/mol. The van der Waals surface area contributed by atoms with Gasteiger partial charge in [0.1, 0.15) is 0 Å². The molecule has 0 saturated carbocycles. The third kappa shape index (κ3) is 5.64. The van der Waals surface area contributed by atoms with Crippen molar-refractivity contribution in [1.29, 1.82) is 0 Å². The van der Waals surface area contributed by atoms with E-state index in [4.69, 9.17) is 4.43 Å². The molecule has 2 aromatic carbocycles. The molecule has 0 spiro atoms. The van der Waals surface area contributed by atoms with Crippen molar-refractivity contribution in [3.05, 3.63) is 71.7 Å². The number of aliphatic hydroxyl groups is 1. The van der Waals surface area contributed by atoms with Gasteiger partial charge in [0.15, 0.2) is 0 Å². The van der Waals surface area contributed by atoms with Gasteiger partial charge < -0.3 is 9.53 Å². The van der Waals surface area contributed by atoms with E-state index in [0.717, 1.165) is 10.9 Å². The van der Waals surface area contributed by atoms with Crippen molar-refractivity contribution in [2.75, 3.05) is 6.61 Å². The van der Waals surface area contributed by atoms with Crippen molar-refractivity contribution in [3.63, 3.8) is 0 Å². The second-order valence-corrected chi connectivity index (χ2v) is 13.5. The molecule has 0 aromatic heterocycles. The number of aliphatic hydroxyl groups excluding tert-OH is 1. The molecule has 0 radical (unpaired) electrons. The van der Waals surface area contributed by atoms with Gasteiger partial charge in [-0.15, -0.1) is 0 Å². The normalized spacial score (nSPS) is 13.4. The van der Waals surface area contributed by atoms with Crippen LogP contribution in [0.4, 0.5) is 0 Å². The Bertz CT molecular complexity index is 671. The molecule has 146 valence electrons. The van der Waals surface area contributed by atoms with E-state index < -0.39 is 8.32 Å². The molecular weight excluding hydrogens is 416 g/mol. The fraction of sp³-hybridized carbons (Fsp3) is 0.391. The van der Waals surface area contributed by atoms with Crippen molar-refractivity contribution < 1.29 is 9.53 Å². The van der Waals surface area contributed by atoms with Gasteiger partial charge in [-0.2, -0.15) is 0 Å². The average molecular weight is 447 g/mol. The van der Waals surface area contributed by atoms with E-state index in [0.29, 0.717) is 19.4 Å². The molecule has 0 bridgehead atoms. The molecule has 4 heteroatoms. The highest BCUT2D eigenvalue weighted by atomic mass is 79.9. The predicted octanol–water partition coefficient (Wildman–Crippen LogP) is 5.00. The monoisotopic (exact) mass is 446 g/mol. The lowest BCUT2D eigenvalue weighted by Gasteiger charge is -2.43. The number of hydrogen-bond acceptors (Lipinski definition) is 2. The van der Waals surface area contributed by atoms with Crippen molar-refractivity contribution in [1.82, 2.24) is 0 Å². The number of halogens is 1. The highest BCUT2D eigenvalue weighted by molar-refractivity contribution is 9.11. The zero-order valence-corrected chi connectivity index (χ0v) is 19.2. The summed E-state index contributed by atoms with van der Waals surface area (Å²) in [7, 11) is -2.46. The van der Waals surface area contributed by atoms with Crippen molar-refractivity contribution in [3.8, 4) is 0 Å². The van der Waals surface area contributed by atoms with Crippen LogP contribution in [0.2, 0.25) is 5.04 Å². The quantitative estimate of drug-likeness (QED) is 0.433. The Hall–Kier alpha value is -1.20. The number of rotatable bonds is 9. The SMILES string of the molecule is C=C(Br)CC(O)CCCO[Si](c1ccccc1)(c1ccccc1)C(C)(C)C. The van der Waals surface area contributed by atoms with E-state index in [2.05, 4.69) is 104 Å². The summed E-state index contributed by atoms with van der Waals surface area (Å²) in [4.78, 5) is 0. The van der Waals surface area contributed by atoms with Crippen LogP contribution in [0.3, 0.4) is 0 Å². The Morgan fingerprint density at radius 2 is 1.52 bits per heavy atom. The van der Waals surface area contributed by atoms with E-state index in [1.807, 2.05) is 0 Å². The zero-order chi connectivity index (χ0) is 19.9. The minimum Gasteiger partial charge on any atom is -0.407 e. The number of hydrogen-bond donors (Lipinski definition) is 1. The van der Waals surface area contributed by atoms with Gasteiger partial charge in [0.2, 0.25) is 0 Å². The third-order valence-corrected chi connectivity index (χ3v) is 10.2. The Labute approximate surface area is 173 Å². The summed E-state index contributed by atoms with van der Waals surface area (Å²) < 4.78 is 7.65. The van der Waals surface area contributed by atoms with Gasteiger partial charge in [0.25, 0.3) is 8.32 Å². The first-order chi connectivity index (χ1) is 12.8. The van der Waals surface area contributed by atoms with Crippen LogP contribution in [0.25, 0.3) is 0 Å². The summed E-state index contributed by atoms with van der Waals surface area (Å²) >= 11 is 3.32. The average Bonchev–Trinajstić information content (AvgIpc) is 2.61. The maximum Gasteiger partial charge on any atom is 0.261 e. The largest absolute Gasteiger partial charge is 0.407 e. The summed E-state index contributed by atoms with van der Waals surface area (Å²) in [6.07, 6.45) is 1.74. The first-order valence-corrected chi connectivity index (χ1v) is 12.2. The van der Waals surface area contributed by atoms with Crippen LogP contribution in [0.5, 0.6) is 0 Å².